The quantitative estimate of drug-likeness (QED) is 0.513. The minimum absolute atomic E-state index is 0.241. The van der Waals surface area contributed by atoms with Gasteiger partial charge in [-0.3, -0.25) is 19.3 Å². The molecule has 9 heteroatoms. The molecule has 0 spiro atoms. The Morgan fingerprint density at radius 2 is 1.81 bits per heavy atom. The number of ether oxygens (including phenoxy) is 2. The number of carbonyl (C=O) groups is 3. The van der Waals surface area contributed by atoms with Gasteiger partial charge < -0.3 is 14.8 Å². The molecule has 0 unspecified atom stereocenters. The van der Waals surface area contributed by atoms with E-state index >= 15 is 0 Å². The Hall–Kier alpha value is -2.78. The molecule has 1 aliphatic rings. The van der Waals surface area contributed by atoms with Gasteiger partial charge in [0, 0.05) is 4.47 Å². The first kappa shape index (κ1) is 22.9. The van der Waals surface area contributed by atoms with Crippen molar-refractivity contribution >= 4 is 56.5 Å². The van der Waals surface area contributed by atoms with E-state index in [0.717, 1.165) is 16.7 Å². The number of imide groups is 1. The smallest absolute Gasteiger partial charge is 0.294 e. The minimum atomic E-state index is -0.510. The second-order valence-corrected chi connectivity index (χ2v) is 8.22. The van der Waals surface area contributed by atoms with Gasteiger partial charge in [0.2, 0.25) is 5.91 Å². The van der Waals surface area contributed by atoms with Crippen LogP contribution in [0.4, 0.5) is 10.5 Å². The molecule has 1 N–H and O–H groups in total. The molecule has 31 heavy (non-hydrogen) atoms. The molecule has 0 aliphatic carbocycles. The Morgan fingerprint density at radius 3 is 2.52 bits per heavy atom. The third-order valence-electron chi connectivity index (χ3n) is 4.19. The number of para-hydroxylation sites is 1. The van der Waals surface area contributed by atoms with E-state index in [1.165, 1.54) is 0 Å². The number of amides is 3. The lowest BCUT2D eigenvalue weighted by molar-refractivity contribution is -0.127. The fourth-order valence-electron chi connectivity index (χ4n) is 2.84. The van der Waals surface area contributed by atoms with Gasteiger partial charge in [0.15, 0.2) is 11.5 Å². The number of halogens is 1. The summed E-state index contributed by atoms with van der Waals surface area (Å²) in [6, 6.07) is 12.4. The Kier molecular flexibility index (Phi) is 7.75. The number of hydrogen-bond donors (Lipinski definition) is 1. The molecule has 1 saturated heterocycles. The number of benzene rings is 2. The summed E-state index contributed by atoms with van der Waals surface area (Å²) in [6.45, 7) is 4.35. The average molecular weight is 505 g/mol. The summed E-state index contributed by atoms with van der Waals surface area (Å²) < 4.78 is 11.9. The molecule has 3 amide bonds. The first-order valence-corrected chi connectivity index (χ1v) is 11.2. The van der Waals surface area contributed by atoms with E-state index in [1.807, 2.05) is 19.9 Å². The molecule has 2 aromatic carbocycles. The molecule has 2 aromatic rings. The third-order valence-corrected chi connectivity index (χ3v) is 5.79. The van der Waals surface area contributed by atoms with Crippen LogP contribution in [-0.4, -0.2) is 41.7 Å². The largest absolute Gasteiger partial charge is 0.490 e. The third kappa shape index (κ3) is 5.68. The Morgan fingerprint density at radius 1 is 1.10 bits per heavy atom. The average Bonchev–Trinajstić information content (AvgIpc) is 2.99. The van der Waals surface area contributed by atoms with Gasteiger partial charge in [-0.05, 0) is 77.4 Å². The summed E-state index contributed by atoms with van der Waals surface area (Å²) in [7, 11) is 0. The lowest BCUT2D eigenvalue weighted by atomic mass is 10.2. The molecule has 0 saturated carbocycles. The van der Waals surface area contributed by atoms with Crippen LogP contribution in [0.25, 0.3) is 6.08 Å². The lowest BCUT2D eigenvalue weighted by Gasteiger charge is -2.13. The molecule has 3 rings (SSSR count). The fraction of sp³-hybridized carbons (Fsp3) is 0.227. The van der Waals surface area contributed by atoms with Crippen molar-refractivity contribution in [1.82, 2.24) is 4.90 Å². The van der Waals surface area contributed by atoms with Gasteiger partial charge in [-0.1, -0.05) is 18.2 Å². The Balaban J connectivity index is 1.73. The maximum absolute atomic E-state index is 12.7. The van der Waals surface area contributed by atoms with Crippen molar-refractivity contribution in [3.63, 3.8) is 0 Å². The van der Waals surface area contributed by atoms with Crippen LogP contribution in [0.2, 0.25) is 0 Å². The number of thioether (sulfide) groups is 1. The van der Waals surface area contributed by atoms with E-state index in [1.54, 1.807) is 42.5 Å². The number of nitrogens with one attached hydrogen (secondary N) is 1. The summed E-state index contributed by atoms with van der Waals surface area (Å²) in [6.07, 6.45) is 1.61. The molecule has 1 fully saturated rings. The zero-order valence-electron chi connectivity index (χ0n) is 17.0. The highest BCUT2D eigenvalue weighted by atomic mass is 79.9. The molecule has 1 heterocycles. The van der Waals surface area contributed by atoms with Crippen molar-refractivity contribution in [2.75, 3.05) is 25.1 Å². The van der Waals surface area contributed by atoms with Gasteiger partial charge in [-0.15, -0.1) is 0 Å². The van der Waals surface area contributed by atoms with Crippen molar-refractivity contribution in [3.8, 4) is 11.5 Å². The first-order chi connectivity index (χ1) is 14.9. The number of carbonyl (C=O) groups excluding carboxylic acids is 3. The van der Waals surface area contributed by atoms with E-state index in [9.17, 15) is 14.4 Å². The molecule has 7 nitrogen and oxygen atoms in total. The molecule has 0 aromatic heterocycles. The highest BCUT2D eigenvalue weighted by molar-refractivity contribution is 9.10. The fourth-order valence-corrected chi connectivity index (χ4v) is 4.06. The monoisotopic (exact) mass is 504 g/mol. The van der Waals surface area contributed by atoms with Gasteiger partial charge in [0.25, 0.3) is 11.1 Å². The van der Waals surface area contributed by atoms with E-state index < -0.39 is 17.1 Å². The SMILES string of the molecule is CCOc1ccc(/C=C2/SC(=O)N(CC(=O)Nc3ccccc3Br)C2=O)cc1OCC. The number of rotatable bonds is 8. The van der Waals surface area contributed by atoms with Crippen molar-refractivity contribution < 1.29 is 23.9 Å². The van der Waals surface area contributed by atoms with Crippen LogP contribution in [0.5, 0.6) is 11.5 Å². The summed E-state index contributed by atoms with van der Waals surface area (Å²) in [5.41, 5.74) is 1.25. The van der Waals surface area contributed by atoms with E-state index in [4.69, 9.17) is 9.47 Å². The normalized spacial score (nSPS) is 14.8. The van der Waals surface area contributed by atoms with Crippen molar-refractivity contribution in [1.29, 1.82) is 0 Å². The summed E-state index contributed by atoms with van der Waals surface area (Å²) in [5.74, 6) is 0.197. The summed E-state index contributed by atoms with van der Waals surface area (Å²) in [4.78, 5) is 38.6. The maximum atomic E-state index is 12.7. The van der Waals surface area contributed by atoms with Gasteiger partial charge in [0.05, 0.1) is 23.8 Å². The molecule has 0 bridgehead atoms. The van der Waals surface area contributed by atoms with Crippen molar-refractivity contribution in [2.24, 2.45) is 0 Å². The van der Waals surface area contributed by atoms with Crippen LogP contribution in [0, 0.1) is 0 Å². The highest BCUT2D eigenvalue weighted by Crippen LogP contribution is 2.34. The summed E-state index contributed by atoms with van der Waals surface area (Å²) >= 11 is 4.14. The number of hydrogen-bond acceptors (Lipinski definition) is 6. The van der Waals surface area contributed by atoms with Crippen LogP contribution in [0.1, 0.15) is 19.4 Å². The lowest BCUT2D eigenvalue weighted by Crippen LogP contribution is -2.36. The molecule has 0 radical (unpaired) electrons. The van der Waals surface area contributed by atoms with E-state index in [0.29, 0.717) is 40.4 Å². The van der Waals surface area contributed by atoms with Gasteiger partial charge >= 0.3 is 0 Å². The number of anilines is 1. The topological polar surface area (TPSA) is 84.9 Å². The van der Waals surface area contributed by atoms with E-state index in [-0.39, 0.29) is 11.4 Å². The van der Waals surface area contributed by atoms with E-state index in [2.05, 4.69) is 21.2 Å². The van der Waals surface area contributed by atoms with Gasteiger partial charge in [-0.2, -0.15) is 0 Å². The second-order valence-electron chi connectivity index (χ2n) is 6.37. The van der Waals surface area contributed by atoms with Gasteiger partial charge in [-0.25, -0.2) is 0 Å². The second kappa shape index (κ2) is 10.5. The standard InChI is InChI=1S/C22H21BrN2O5S/c1-3-29-17-10-9-14(11-18(17)30-4-2)12-19-21(27)25(22(28)31-19)13-20(26)24-16-8-6-5-7-15(16)23/h5-12H,3-4,13H2,1-2H3,(H,24,26)/b19-12+. The van der Waals surface area contributed by atoms with Crippen molar-refractivity contribution in [3.05, 3.63) is 57.4 Å². The number of nitrogens with zero attached hydrogens (tertiary/aromatic N) is 1. The van der Waals surface area contributed by atoms with Crippen LogP contribution in [0.15, 0.2) is 51.8 Å². The van der Waals surface area contributed by atoms with Crippen LogP contribution >= 0.6 is 27.7 Å². The zero-order valence-corrected chi connectivity index (χ0v) is 19.4. The predicted molar refractivity (Wildman–Crippen MR) is 124 cm³/mol. The maximum Gasteiger partial charge on any atom is 0.294 e. The Labute approximate surface area is 192 Å². The molecular weight excluding hydrogens is 484 g/mol. The van der Waals surface area contributed by atoms with Crippen LogP contribution in [-0.2, 0) is 9.59 Å². The van der Waals surface area contributed by atoms with Crippen LogP contribution in [0.3, 0.4) is 0 Å². The summed E-state index contributed by atoms with van der Waals surface area (Å²) in [5, 5.41) is 2.20. The van der Waals surface area contributed by atoms with Gasteiger partial charge in [0.1, 0.15) is 6.54 Å². The van der Waals surface area contributed by atoms with Crippen molar-refractivity contribution in [2.45, 2.75) is 13.8 Å². The highest BCUT2D eigenvalue weighted by Gasteiger charge is 2.36. The first-order valence-electron chi connectivity index (χ1n) is 9.62. The molecule has 1 aliphatic heterocycles. The predicted octanol–water partition coefficient (Wildman–Crippen LogP) is 4.92. The zero-order chi connectivity index (χ0) is 22.4. The Bertz CT molecular complexity index is 1040. The molecule has 0 atom stereocenters. The molecular formula is C22H21BrN2O5S. The van der Waals surface area contributed by atoms with Crippen LogP contribution < -0.4 is 14.8 Å². The minimum Gasteiger partial charge on any atom is -0.490 e. The molecule has 162 valence electrons.